The Morgan fingerprint density at radius 1 is 1.17 bits per heavy atom. The minimum atomic E-state index is -0.702. The number of aliphatic imine (C=N–C) groups is 1. The topological polar surface area (TPSA) is 66.3 Å². The second-order valence-electron chi connectivity index (χ2n) is 6.98. The van der Waals surface area contributed by atoms with E-state index >= 15 is 0 Å². The Morgan fingerprint density at radius 2 is 1.91 bits per heavy atom. The summed E-state index contributed by atoms with van der Waals surface area (Å²) in [6, 6.07) is 0. The second kappa shape index (κ2) is 8.31. The third-order valence-corrected chi connectivity index (χ3v) is 5.20. The van der Waals surface area contributed by atoms with Gasteiger partial charge in [-0.15, -0.1) is 24.0 Å². The first-order valence-corrected chi connectivity index (χ1v) is 8.56. The highest BCUT2D eigenvalue weighted by atomic mass is 127. The number of ether oxygens (including phenoxy) is 2. The lowest BCUT2D eigenvalue weighted by atomic mass is 9.87. The van der Waals surface area contributed by atoms with E-state index in [0.29, 0.717) is 38.0 Å². The van der Waals surface area contributed by atoms with Crippen LogP contribution in [0.25, 0.3) is 0 Å². The first-order valence-electron chi connectivity index (χ1n) is 8.56. The van der Waals surface area contributed by atoms with Gasteiger partial charge in [-0.05, 0) is 19.8 Å². The Morgan fingerprint density at radius 3 is 2.57 bits per heavy atom. The minimum Gasteiger partial charge on any atom is -0.388 e. The van der Waals surface area contributed by atoms with Crippen LogP contribution in [-0.2, 0) is 9.47 Å². The third kappa shape index (κ3) is 4.70. The molecule has 2 N–H and O–H groups in total. The molecule has 0 aliphatic carbocycles. The fraction of sp³-hybridized carbons (Fsp3) is 0.938. The SMILES string of the molecule is CCNC(=NCC1(O)CCOCC1)N1CCC2(CCOC2)C1.I. The molecular weight excluding hydrogens is 409 g/mol. The van der Waals surface area contributed by atoms with Crippen LogP contribution < -0.4 is 5.32 Å². The molecule has 3 rings (SSSR count). The summed E-state index contributed by atoms with van der Waals surface area (Å²) in [7, 11) is 0. The van der Waals surface area contributed by atoms with E-state index in [1.165, 1.54) is 6.42 Å². The molecule has 3 fully saturated rings. The number of hydrogen-bond acceptors (Lipinski definition) is 4. The largest absolute Gasteiger partial charge is 0.388 e. The Bertz CT molecular complexity index is 407. The predicted molar refractivity (Wildman–Crippen MR) is 100 cm³/mol. The molecule has 0 radical (unpaired) electrons. The molecule has 0 amide bonds. The van der Waals surface area contributed by atoms with Crippen molar-refractivity contribution < 1.29 is 14.6 Å². The number of nitrogens with one attached hydrogen (secondary N) is 1. The van der Waals surface area contributed by atoms with Crippen LogP contribution in [0.4, 0.5) is 0 Å². The van der Waals surface area contributed by atoms with Crippen LogP contribution in [0.15, 0.2) is 4.99 Å². The summed E-state index contributed by atoms with van der Waals surface area (Å²) in [4.78, 5) is 7.06. The van der Waals surface area contributed by atoms with E-state index in [-0.39, 0.29) is 24.0 Å². The molecule has 0 aromatic rings. The van der Waals surface area contributed by atoms with Gasteiger partial charge in [0.1, 0.15) is 0 Å². The molecule has 3 aliphatic heterocycles. The number of guanidine groups is 1. The molecule has 3 heterocycles. The molecule has 1 spiro atoms. The van der Waals surface area contributed by atoms with E-state index in [0.717, 1.165) is 45.2 Å². The van der Waals surface area contributed by atoms with Gasteiger partial charge in [-0.1, -0.05) is 0 Å². The zero-order chi connectivity index (χ0) is 15.5. The maximum Gasteiger partial charge on any atom is 0.194 e. The third-order valence-electron chi connectivity index (χ3n) is 5.20. The number of halogens is 1. The standard InChI is InChI=1S/C16H29N3O3.HI/c1-2-17-14(18-11-16(20)5-9-21-10-6-16)19-7-3-15(12-19)4-8-22-13-15;/h20H,2-13H2,1H3,(H,17,18);1H. The zero-order valence-electron chi connectivity index (χ0n) is 14.1. The van der Waals surface area contributed by atoms with Gasteiger partial charge in [-0.25, -0.2) is 0 Å². The average Bonchev–Trinajstić information content (AvgIpc) is 3.15. The highest BCUT2D eigenvalue weighted by molar-refractivity contribution is 14.0. The maximum atomic E-state index is 10.6. The fourth-order valence-electron chi connectivity index (χ4n) is 3.64. The van der Waals surface area contributed by atoms with Crippen LogP contribution in [0, 0.1) is 5.41 Å². The van der Waals surface area contributed by atoms with Crippen molar-refractivity contribution in [1.82, 2.24) is 10.2 Å². The van der Waals surface area contributed by atoms with Gasteiger partial charge in [-0.2, -0.15) is 0 Å². The summed E-state index contributed by atoms with van der Waals surface area (Å²) < 4.78 is 10.9. The molecule has 0 aromatic carbocycles. The number of hydrogen-bond donors (Lipinski definition) is 2. The van der Waals surface area contributed by atoms with Crippen molar-refractivity contribution in [3.63, 3.8) is 0 Å². The van der Waals surface area contributed by atoms with Crippen molar-refractivity contribution in [3.8, 4) is 0 Å². The molecule has 1 atom stereocenters. The lowest BCUT2D eigenvalue weighted by Crippen LogP contribution is -2.44. The summed E-state index contributed by atoms with van der Waals surface area (Å²) in [5, 5.41) is 14.0. The van der Waals surface area contributed by atoms with Crippen molar-refractivity contribution in [1.29, 1.82) is 0 Å². The van der Waals surface area contributed by atoms with Crippen LogP contribution in [0.3, 0.4) is 0 Å². The monoisotopic (exact) mass is 439 g/mol. The Hall–Kier alpha value is -0.120. The van der Waals surface area contributed by atoms with E-state index in [1.54, 1.807) is 0 Å². The first-order chi connectivity index (χ1) is 10.6. The van der Waals surface area contributed by atoms with Crippen LogP contribution in [0.2, 0.25) is 0 Å². The molecule has 0 bridgehead atoms. The smallest absolute Gasteiger partial charge is 0.194 e. The molecule has 134 valence electrons. The Kier molecular flexibility index (Phi) is 6.94. The normalized spacial score (nSPS) is 30.5. The minimum absolute atomic E-state index is 0. The summed E-state index contributed by atoms with van der Waals surface area (Å²) in [5.74, 6) is 0.936. The molecule has 0 saturated carbocycles. The summed E-state index contributed by atoms with van der Waals surface area (Å²) in [6.07, 6.45) is 3.68. The number of rotatable bonds is 3. The van der Waals surface area contributed by atoms with Crippen LogP contribution in [0.5, 0.6) is 0 Å². The molecule has 7 heteroatoms. The van der Waals surface area contributed by atoms with Gasteiger partial charge in [0.2, 0.25) is 0 Å². The number of aliphatic hydroxyl groups is 1. The van der Waals surface area contributed by atoms with Crippen molar-refractivity contribution in [2.24, 2.45) is 10.4 Å². The molecule has 1 unspecified atom stereocenters. The molecule has 3 aliphatic rings. The molecule has 0 aromatic heterocycles. The lowest BCUT2D eigenvalue weighted by molar-refractivity contribution is -0.0566. The summed E-state index contributed by atoms with van der Waals surface area (Å²) in [6.45, 7) is 8.46. The van der Waals surface area contributed by atoms with Crippen LogP contribution in [-0.4, -0.2) is 74.2 Å². The number of likely N-dealkylation sites (tertiary alicyclic amines) is 1. The van der Waals surface area contributed by atoms with Gasteiger partial charge >= 0.3 is 0 Å². The first kappa shape index (κ1) is 19.2. The molecule has 3 saturated heterocycles. The summed E-state index contributed by atoms with van der Waals surface area (Å²) >= 11 is 0. The maximum absolute atomic E-state index is 10.6. The van der Waals surface area contributed by atoms with E-state index < -0.39 is 5.60 Å². The van der Waals surface area contributed by atoms with E-state index in [4.69, 9.17) is 14.5 Å². The summed E-state index contributed by atoms with van der Waals surface area (Å²) in [5.41, 5.74) is -0.376. The van der Waals surface area contributed by atoms with Gasteiger partial charge in [0, 0.05) is 57.7 Å². The van der Waals surface area contributed by atoms with Gasteiger partial charge in [-0.3, -0.25) is 4.99 Å². The molecule has 23 heavy (non-hydrogen) atoms. The van der Waals surface area contributed by atoms with Crippen molar-refractivity contribution in [2.75, 3.05) is 52.6 Å². The van der Waals surface area contributed by atoms with Gasteiger partial charge in [0.05, 0.1) is 18.8 Å². The van der Waals surface area contributed by atoms with E-state index in [1.807, 2.05) is 0 Å². The number of nitrogens with zero attached hydrogens (tertiary/aromatic N) is 2. The zero-order valence-corrected chi connectivity index (χ0v) is 16.4. The van der Waals surface area contributed by atoms with Crippen molar-refractivity contribution >= 4 is 29.9 Å². The van der Waals surface area contributed by atoms with Crippen molar-refractivity contribution in [2.45, 2.75) is 38.2 Å². The molecule has 6 nitrogen and oxygen atoms in total. The lowest BCUT2D eigenvalue weighted by Gasteiger charge is -2.31. The predicted octanol–water partition coefficient (Wildman–Crippen LogP) is 1.22. The van der Waals surface area contributed by atoms with Gasteiger partial charge < -0.3 is 24.8 Å². The van der Waals surface area contributed by atoms with Gasteiger partial charge in [0.25, 0.3) is 0 Å². The van der Waals surface area contributed by atoms with E-state index in [2.05, 4.69) is 17.1 Å². The average molecular weight is 439 g/mol. The Balaban J connectivity index is 0.00000192. The second-order valence-corrected chi connectivity index (χ2v) is 6.98. The highest BCUT2D eigenvalue weighted by Gasteiger charge is 2.42. The quantitative estimate of drug-likeness (QED) is 0.394. The van der Waals surface area contributed by atoms with Crippen LogP contribution in [0.1, 0.15) is 32.6 Å². The molecular formula is C16H30IN3O3. The fourth-order valence-corrected chi connectivity index (χ4v) is 3.64. The van der Waals surface area contributed by atoms with Crippen molar-refractivity contribution in [3.05, 3.63) is 0 Å². The Labute approximate surface area is 156 Å². The van der Waals surface area contributed by atoms with Crippen LogP contribution >= 0.6 is 24.0 Å². The van der Waals surface area contributed by atoms with Gasteiger partial charge in [0.15, 0.2) is 5.96 Å². The van der Waals surface area contributed by atoms with E-state index in [9.17, 15) is 5.11 Å². The highest BCUT2D eigenvalue weighted by Crippen LogP contribution is 2.38.